The minimum absolute atomic E-state index is 0.0558. The summed E-state index contributed by atoms with van der Waals surface area (Å²) in [7, 11) is 1.64. The van der Waals surface area contributed by atoms with Crippen LogP contribution in [0.5, 0.6) is 0 Å². The van der Waals surface area contributed by atoms with E-state index >= 15 is 0 Å². The van der Waals surface area contributed by atoms with Crippen LogP contribution in [0.3, 0.4) is 0 Å². The molecule has 0 radical (unpaired) electrons. The Morgan fingerprint density at radius 3 is 2.35 bits per heavy atom. The standard InChI is InChI=1S/C13H24O4/c1-7-12(14)13(4,5)17-9-11(3)16-8-10(2)15-6/h7,10-11H,1,8-9H2,2-6H3. The molecule has 0 heterocycles. The Balaban J connectivity index is 3.94. The number of hydrogen-bond acceptors (Lipinski definition) is 4. The third-order valence-electron chi connectivity index (χ3n) is 2.48. The van der Waals surface area contributed by atoms with Crippen molar-refractivity contribution in [3.63, 3.8) is 0 Å². The predicted molar refractivity (Wildman–Crippen MR) is 67.1 cm³/mol. The fourth-order valence-corrected chi connectivity index (χ4v) is 1.06. The van der Waals surface area contributed by atoms with Crippen molar-refractivity contribution in [2.45, 2.75) is 45.5 Å². The summed E-state index contributed by atoms with van der Waals surface area (Å²) in [5.74, 6) is -0.130. The molecule has 0 amide bonds. The van der Waals surface area contributed by atoms with Crippen LogP contribution in [0.4, 0.5) is 0 Å². The Hall–Kier alpha value is -0.710. The average Bonchev–Trinajstić information content (AvgIpc) is 2.32. The van der Waals surface area contributed by atoms with Gasteiger partial charge in [0.1, 0.15) is 5.60 Å². The van der Waals surface area contributed by atoms with Gasteiger partial charge in [-0.1, -0.05) is 6.58 Å². The fourth-order valence-electron chi connectivity index (χ4n) is 1.06. The van der Waals surface area contributed by atoms with Crippen LogP contribution in [0.25, 0.3) is 0 Å². The molecule has 0 saturated carbocycles. The first-order chi connectivity index (χ1) is 7.83. The van der Waals surface area contributed by atoms with Crippen molar-refractivity contribution in [2.24, 2.45) is 0 Å². The van der Waals surface area contributed by atoms with Crippen molar-refractivity contribution in [2.75, 3.05) is 20.3 Å². The smallest absolute Gasteiger partial charge is 0.186 e. The van der Waals surface area contributed by atoms with Crippen LogP contribution in [0.15, 0.2) is 12.7 Å². The predicted octanol–water partition coefficient (Wildman–Crippen LogP) is 1.98. The second-order valence-electron chi connectivity index (χ2n) is 4.58. The van der Waals surface area contributed by atoms with Gasteiger partial charge < -0.3 is 14.2 Å². The Labute approximate surface area is 104 Å². The van der Waals surface area contributed by atoms with Crippen LogP contribution in [0.1, 0.15) is 27.7 Å². The molecule has 0 aromatic rings. The van der Waals surface area contributed by atoms with E-state index in [2.05, 4.69) is 6.58 Å². The molecule has 0 saturated heterocycles. The molecule has 0 aliphatic heterocycles. The highest BCUT2D eigenvalue weighted by Gasteiger charge is 2.26. The number of carbonyl (C=O) groups excluding carboxylic acids is 1. The summed E-state index contributed by atoms with van der Waals surface area (Å²) < 4.78 is 16.1. The van der Waals surface area contributed by atoms with E-state index in [1.807, 2.05) is 13.8 Å². The number of hydrogen-bond donors (Lipinski definition) is 0. The SMILES string of the molecule is C=CC(=O)C(C)(C)OCC(C)OCC(C)OC. The minimum atomic E-state index is -0.841. The number of ether oxygens (including phenoxy) is 3. The summed E-state index contributed by atoms with van der Waals surface area (Å²) in [5.41, 5.74) is -0.841. The van der Waals surface area contributed by atoms with Crippen molar-refractivity contribution in [3.05, 3.63) is 12.7 Å². The van der Waals surface area contributed by atoms with Gasteiger partial charge in [-0.25, -0.2) is 0 Å². The van der Waals surface area contributed by atoms with Gasteiger partial charge in [-0.05, 0) is 33.8 Å². The topological polar surface area (TPSA) is 44.8 Å². The average molecular weight is 244 g/mol. The maximum absolute atomic E-state index is 11.5. The largest absolute Gasteiger partial charge is 0.379 e. The summed E-state index contributed by atoms with van der Waals surface area (Å²) in [6.45, 7) is 11.6. The Morgan fingerprint density at radius 1 is 1.29 bits per heavy atom. The molecule has 0 fully saturated rings. The van der Waals surface area contributed by atoms with Gasteiger partial charge in [0.05, 0.1) is 25.4 Å². The zero-order chi connectivity index (χ0) is 13.5. The molecule has 0 bridgehead atoms. The highest BCUT2D eigenvalue weighted by molar-refractivity contribution is 5.95. The first-order valence-electron chi connectivity index (χ1n) is 5.78. The molecule has 0 rings (SSSR count). The van der Waals surface area contributed by atoms with E-state index in [1.165, 1.54) is 6.08 Å². The van der Waals surface area contributed by atoms with Crippen LogP contribution in [-0.2, 0) is 19.0 Å². The van der Waals surface area contributed by atoms with Gasteiger partial charge in [0.2, 0.25) is 0 Å². The molecule has 0 aromatic heterocycles. The van der Waals surface area contributed by atoms with Crippen LogP contribution in [-0.4, -0.2) is 43.9 Å². The molecule has 0 aliphatic carbocycles. The molecular formula is C13H24O4. The van der Waals surface area contributed by atoms with Gasteiger partial charge in [0.25, 0.3) is 0 Å². The lowest BCUT2D eigenvalue weighted by Gasteiger charge is -2.25. The first-order valence-corrected chi connectivity index (χ1v) is 5.78. The van der Waals surface area contributed by atoms with Crippen LogP contribution >= 0.6 is 0 Å². The monoisotopic (exact) mass is 244 g/mol. The van der Waals surface area contributed by atoms with E-state index in [0.717, 1.165) is 0 Å². The zero-order valence-electron chi connectivity index (χ0n) is 11.5. The van der Waals surface area contributed by atoms with Crippen molar-refractivity contribution in [3.8, 4) is 0 Å². The van der Waals surface area contributed by atoms with Gasteiger partial charge in [0.15, 0.2) is 5.78 Å². The van der Waals surface area contributed by atoms with Crippen molar-refractivity contribution in [1.82, 2.24) is 0 Å². The maximum Gasteiger partial charge on any atom is 0.186 e. The van der Waals surface area contributed by atoms with Crippen molar-refractivity contribution in [1.29, 1.82) is 0 Å². The number of ketones is 1. The lowest BCUT2D eigenvalue weighted by molar-refractivity contribution is -0.141. The summed E-state index contributed by atoms with van der Waals surface area (Å²) in [6.07, 6.45) is 1.25. The van der Waals surface area contributed by atoms with Gasteiger partial charge in [-0.3, -0.25) is 4.79 Å². The molecule has 4 nitrogen and oxygen atoms in total. The zero-order valence-corrected chi connectivity index (χ0v) is 11.5. The van der Waals surface area contributed by atoms with E-state index in [4.69, 9.17) is 14.2 Å². The van der Waals surface area contributed by atoms with E-state index in [0.29, 0.717) is 13.2 Å². The number of carbonyl (C=O) groups is 1. The second kappa shape index (κ2) is 7.58. The molecule has 2 atom stereocenters. The van der Waals surface area contributed by atoms with Gasteiger partial charge in [-0.2, -0.15) is 0 Å². The van der Waals surface area contributed by atoms with Crippen LogP contribution in [0.2, 0.25) is 0 Å². The third kappa shape index (κ3) is 6.56. The summed E-state index contributed by atoms with van der Waals surface area (Å²) in [6, 6.07) is 0. The normalized spacial score (nSPS) is 15.4. The molecule has 0 aliphatic rings. The van der Waals surface area contributed by atoms with E-state index in [1.54, 1.807) is 21.0 Å². The van der Waals surface area contributed by atoms with Crippen molar-refractivity contribution < 1.29 is 19.0 Å². The molecular weight excluding hydrogens is 220 g/mol. The molecule has 2 unspecified atom stereocenters. The highest BCUT2D eigenvalue weighted by atomic mass is 16.6. The lowest BCUT2D eigenvalue weighted by Crippen LogP contribution is -2.36. The van der Waals surface area contributed by atoms with Gasteiger partial charge in [0, 0.05) is 7.11 Å². The third-order valence-corrected chi connectivity index (χ3v) is 2.48. The summed E-state index contributed by atoms with van der Waals surface area (Å²) in [5, 5.41) is 0. The summed E-state index contributed by atoms with van der Waals surface area (Å²) in [4.78, 5) is 11.5. The molecule has 0 spiro atoms. The molecule has 0 N–H and O–H groups in total. The number of rotatable bonds is 9. The first kappa shape index (κ1) is 16.3. The second-order valence-corrected chi connectivity index (χ2v) is 4.58. The highest BCUT2D eigenvalue weighted by Crippen LogP contribution is 2.12. The Morgan fingerprint density at radius 2 is 1.88 bits per heavy atom. The fraction of sp³-hybridized carbons (Fsp3) is 0.769. The lowest BCUT2D eigenvalue weighted by atomic mass is 10.0. The van der Waals surface area contributed by atoms with E-state index in [9.17, 15) is 4.79 Å². The van der Waals surface area contributed by atoms with E-state index in [-0.39, 0.29) is 18.0 Å². The Kier molecular flexibility index (Phi) is 7.27. The molecule has 17 heavy (non-hydrogen) atoms. The minimum Gasteiger partial charge on any atom is -0.379 e. The van der Waals surface area contributed by atoms with E-state index < -0.39 is 5.60 Å². The summed E-state index contributed by atoms with van der Waals surface area (Å²) >= 11 is 0. The van der Waals surface area contributed by atoms with Crippen LogP contribution < -0.4 is 0 Å². The molecule has 100 valence electrons. The maximum atomic E-state index is 11.5. The Bertz CT molecular complexity index is 248. The van der Waals surface area contributed by atoms with Crippen LogP contribution in [0, 0.1) is 0 Å². The van der Waals surface area contributed by atoms with Gasteiger partial charge >= 0.3 is 0 Å². The number of methoxy groups -OCH3 is 1. The molecule has 4 heteroatoms. The molecule has 0 aromatic carbocycles. The van der Waals surface area contributed by atoms with Gasteiger partial charge in [-0.15, -0.1) is 0 Å². The van der Waals surface area contributed by atoms with Crippen molar-refractivity contribution >= 4 is 5.78 Å². The quantitative estimate of drug-likeness (QED) is 0.582.